The molecular weight excluding hydrogens is 246 g/mol. The standard InChI is InChI=1S/C13H25N3O3/c1-9(2)11(12(17)18)14-13(19)16-7-5-6-15(4)8-10(16)3/h9-11H,5-8H2,1-4H3,(H,14,19)(H,17,18). The fraction of sp³-hybridized carbons (Fsp3) is 0.846. The second-order valence-corrected chi connectivity index (χ2v) is 5.67. The van der Waals surface area contributed by atoms with E-state index in [1.807, 2.05) is 14.0 Å². The molecule has 1 saturated heterocycles. The average molecular weight is 271 g/mol. The zero-order chi connectivity index (χ0) is 14.6. The van der Waals surface area contributed by atoms with Gasteiger partial charge in [-0.15, -0.1) is 0 Å². The highest BCUT2D eigenvalue weighted by Gasteiger charge is 2.29. The predicted octanol–water partition coefficient (Wildman–Crippen LogP) is 0.831. The molecule has 1 fully saturated rings. The molecule has 1 rings (SSSR count). The first-order valence-corrected chi connectivity index (χ1v) is 6.81. The second-order valence-electron chi connectivity index (χ2n) is 5.67. The Morgan fingerprint density at radius 1 is 1.32 bits per heavy atom. The van der Waals surface area contributed by atoms with Crippen LogP contribution in [0.15, 0.2) is 0 Å². The first-order chi connectivity index (χ1) is 8.82. The van der Waals surface area contributed by atoms with E-state index in [4.69, 9.17) is 5.11 Å². The monoisotopic (exact) mass is 271 g/mol. The maximum Gasteiger partial charge on any atom is 0.326 e. The highest BCUT2D eigenvalue weighted by Crippen LogP contribution is 2.10. The van der Waals surface area contributed by atoms with Crippen molar-refractivity contribution in [1.29, 1.82) is 0 Å². The highest BCUT2D eigenvalue weighted by atomic mass is 16.4. The maximum absolute atomic E-state index is 12.2. The number of nitrogens with one attached hydrogen (secondary N) is 1. The Labute approximate surface area is 114 Å². The molecule has 0 aromatic rings. The number of rotatable bonds is 3. The van der Waals surface area contributed by atoms with Crippen LogP contribution in [-0.4, -0.2) is 65.7 Å². The van der Waals surface area contributed by atoms with Crippen molar-refractivity contribution in [2.45, 2.75) is 39.3 Å². The van der Waals surface area contributed by atoms with E-state index in [2.05, 4.69) is 10.2 Å². The summed E-state index contributed by atoms with van der Waals surface area (Å²) in [6.07, 6.45) is 0.910. The van der Waals surface area contributed by atoms with E-state index >= 15 is 0 Å². The van der Waals surface area contributed by atoms with Crippen LogP contribution in [0.2, 0.25) is 0 Å². The smallest absolute Gasteiger partial charge is 0.326 e. The number of urea groups is 1. The van der Waals surface area contributed by atoms with Gasteiger partial charge in [-0.05, 0) is 32.9 Å². The van der Waals surface area contributed by atoms with Gasteiger partial charge in [-0.2, -0.15) is 0 Å². The molecule has 0 aliphatic carbocycles. The van der Waals surface area contributed by atoms with Gasteiger partial charge in [0.25, 0.3) is 0 Å². The molecule has 1 aliphatic heterocycles. The number of nitrogens with zero attached hydrogens (tertiary/aromatic N) is 2. The number of hydrogen-bond acceptors (Lipinski definition) is 3. The van der Waals surface area contributed by atoms with Gasteiger partial charge in [0.1, 0.15) is 6.04 Å². The molecule has 6 nitrogen and oxygen atoms in total. The minimum Gasteiger partial charge on any atom is -0.480 e. The zero-order valence-electron chi connectivity index (χ0n) is 12.2. The normalized spacial score (nSPS) is 23.0. The number of carbonyl (C=O) groups excluding carboxylic acids is 1. The largest absolute Gasteiger partial charge is 0.480 e. The molecule has 6 heteroatoms. The van der Waals surface area contributed by atoms with Crippen LogP contribution >= 0.6 is 0 Å². The molecule has 1 heterocycles. The fourth-order valence-corrected chi connectivity index (χ4v) is 2.40. The van der Waals surface area contributed by atoms with E-state index in [1.54, 1.807) is 18.7 Å². The number of likely N-dealkylation sites (N-methyl/N-ethyl adjacent to an activating group) is 1. The van der Waals surface area contributed by atoms with Crippen molar-refractivity contribution in [3.05, 3.63) is 0 Å². The summed E-state index contributed by atoms with van der Waals surface area (Å²) in [6, 6.07) is -1.02. The number of amides is 2. The summed E-state index contributed by atoms with van der Waals surface area (Å²) in [5.74, 6) is -1.12. The topological polar surface area (TPSA) is 72.9 Å². The van der Waals surface area contributed by atoms with Gasteiger partial charge in [0, 0.05) is 19.1 Å². The van der Waals surface area contributed by atoms with Crippen molar-refractivity contribution in [3.63, 3.8) is 0 Å². The van der Waals surface area contributed by atoms with Gasteiger partial charge in [-0.3, -0.25) is 0 Å². The molecule has 1 aliphatic rings. The van der Waals surface area contributed by atoms with Crippen LogP contribution in [0.4, 0.5) is 4.79 Å². The molecule has 19 heavy (non-hydrogen) atoms. The lowest BCUT2D eigenvalue weighted by Crippen LogP contribution is -2.53. The first-order valence-electron chi connectivity index (χ1n) is 6.81. The molecular formula is C13H25N3O3. The number of hydrogen-bond donors (Lipinski definition) is 2. The highest BCUT2D eigenvalue weighted by molar-refractivity contribution is 5.82. The molecule has 0 aromatic heterocycles. The third-order valence-electron chi connectivity index (χ3n) is 3.52. The lowest BCUT2D eigenvalue weighted by molar-refractivity contribution is -0.140. The van der Waals surface area contributed by atoms with Crippen LogP contribution in [-0.2, 0) is 4.79 Å². The molecule has 2 N–H and O–H groups in total. The summed E-state index contributed by atoms with van der Waals surface area (Å²) in [6.45, 7) is 8.01. The Hall–Kier alpha value is -1.30. The minimum atomic E-state index is -0.983. The lowest BCUT2D eigenvalue weighted by Gasteiger charge is -2.30. The Morgan fingerprint density at radius 3 is 2.47 bits per heavy atom. The van der Waals surface area contributed by atoms with E-state index in [0.29, 0.717) is 6.54 Å². The molecule has 0 saturated carbocycles. The van der Waals surface area contributed by atoms with Crippen LogP contribution in [0.3, 0.4) is 0 Å². The second kappa shape index (κ2) is 6.75. The fourth-order valence-electron chi connectivity index (χ4n) is 2.40. The summed E-state index contributed by atoms with van der Waals surface area (Å²) in [5.41, 5.74) is 0. The number of aliphatic carboxylic acids is 1. The first kappa shape index (κ1) is 15.8. The van der Waals surface area contributed by atoms with Crippen LogP contribution < -0.4 is 5.32 Å². The SMILES string of the molecule is CC(C)C(NC(=O)N1CCCN(C)CC1C)C(=O)O. The van der Waals surface area contributed by atoms with Gasteiger partial charge in [-0.25, -0.2) is 9.59 Å². The number of carbonyl (C=O) groups is 2. The quantitative estimate of drug-likeness (QED) is 0.797. The van der Waals surface area contributed by atoms with Crippen LogP contribution in [0.1, 0.15) is 27.2 Å². The van der Waals surface area contributed by atoms with Crippen molar-refractivity contribution in [2.75, 3.05) is 26.7 Å². The van der Waals surface area contributed by atoms with Crippen LogP contribution in [0.25, 0.3) is 0 Å². The van der Waals surface area contributed by atoms with Crippen molar-refractivity contribution in [3.8, 4) is 0 Å². The van der Waals surface area contributed by atoms with E-state index in [9.17, 15) is 9.59 Å². The van der Waals surface area contributed by atoms with Crippen molar-refractivity contribution in [2.24, 2.45) is 5.92 Å². The van der Waals surface area contributed by atoms with Crippen molar-refractivity contribution >= 4 is 12.0 Å². The number of carboxylic acid groups (broad SMARTS) is 1. The zero-order valence-corrected chi connectivity index (χ0v) is 12.2. The molecule has 2 atom stereocenters. The summed E-state index contributed by atoms with van der Waals surface area (Å²) >= 11 is 0. The van der Waals surface area contributed by atoms with E-state index in [0.717, 1.165) is 19.5 Å². The van der Waals surface area contributed by atoms with Gasteiger partial charge in [0.05, 0.1) is 0 Å². The molecule has 2 amide bonds. The van der Waals surface area contributed by atoms with Gasteiger partial charge < -0.3 is 20.2 Å². The van der Waals surface area contributed by atoms with Gasteiger partial charge in [-0.1, -0.05) is 13.8 Å². The number of carboxylic acids is 1. The van der Waals surface area contributed by atoms with Crippen molar-refractivity contribution < 1.29 is 14.7 Å². The Balaban J connectivity index is 2.67. The minimum absolute atomic E-state index is 0.0918. The predicted molar refractivity (Wildman–Crippen MR) is 73.1 cm³/mol. The Kier molecular flexibility index (Phi) is 5.60. The Bertz CT molecular complexity index is 333. The third-order valence-corrected chi connectivity index (χ3v) is 3.52. The van der Waals surface area contributed by atoms with E-state index in [1.165, 1.54) is 0 Å². The maximum atomic E-state index is 12.2. The van der Waals surface area contributed by atoms with Crippen LogP contribution in [0, 0.1) is 5.92 Å². The molecule has 110 valence electrons. The average Bonchev–Trinajstić information content (AvgIpc) is 2.45. The summed E-state index contributed by atoms with van der Waals surface area (Å²) in [5, 5.41) is 11.7. The molecule has 0 radical (unpaired) electrons. The lowest BCUT2D eigenvalue weighted by atomic mass is 10.1. The third kappa shape index (κ3) is 4.38. The molecule has 0 spiro atoms. The molecule has 0 aromatic carbocycles. The van der Waals surface area contributed by atoms with E-state index in [-0.39, 0.29) is 18.0 Å². The van der Waals surface area contributed by atoms with Gasteiger partial charge >= 0.3 is 12.0 Å². The van der Waals surface area contributed by atoms with Crippen LogP contribution in [0.5, 0.6) is 0 Å². The Morgan fingerprint density at radius 2 is 1.95 bits per heavy atom. The molecule has 0 bridgehead atoms. The van der Waals surface area contributed by atoms with Gasteiger partial charge in [0.2, 0.25) is 0 Å². The summed E-state index contributed by atoms with van der Waals surface area (Å²) in [4.78, 5) is 27.3. The van der Waals surface area contributed by atoms with Crippen molar-refractivity contribution in [1.82, 2.24) is 15.1 Å². The molecule has 2 unspecified atom stereocenters. The summed E-state index contributed by atoms with van der Waals surface area (Å²) in [7, 11) is 2.03. The summed E-state index contributed by atoms with van der Waals surface area (Å²) < 4.78 is 0. The van der Waals surface area contributed by atoms with Gasteiger partial charge in [0.15, 0.2) is 0 Å². The van der Waals surface area contributed by atoms with E-state index < -0.39 is 12.0 Å².